The van der Waals surface area contributed by atoms with Crippen LogP contribution in [0.5, 0.6) is 0 Å². The molecule has 1 saturated carbocycles. The van der Waals surface area contributed by atoms with Crippen molar-refractivity contribution in [2.45, 2.75) is 51.2 Å². The van der Waals surface area contributed by atoms with Crippen LogP contribution in [0.1, 0.15) is 40.0 Å². The van der Waals surface area contributed by atoms with E-state index in [1.807, 2.05) is 20.8 Å². The first-order valence-electron chi connectivity index (χ1n) is 6.02. The van der Waals surface area contributed by atoms with Crippen LogP contribution >= 0.6 is 0 Å². The quantitative estimate of drug-likeness (QED) is 0.649. The van der Waals surface area contributed by atoms with Gasteiger partial charge in [0, 0.05) is 5.41 Å². The molecule has 4 heteroatoms. The van der Waals surface area contributed by atoms with Crippen LogP contribution in [0.25, 0.3) is 0 Å². The number of carbonyl (C=O) groups excluding carboxylic acids is 1. The molecule has 92 valence electrons. The van der Waals surface area contributed by atoms with Crippen LogP contribution in [0, 0.1) is 5.41 Å². The van der Waals surface area contributed by atoms with E-state index in [0.29, 0.717) is 0 Å². The molecule has 3 N–H and O–H groups in total. The van der Waals surface area contributed by atoms with Crippen LogP contribution in [0.4, 0.5) is 0 Å². The fourth-order valence-corrected chi connectivity index (χ4v) is 2.68. The number of nitrogens with one attached hydrogen (secondary N) is 1. The molecule has 2 rings (SSSR count). The Balaban J connectivity index is 2.03. The number of nitrogens with two attached hydrogens (primary N) is 1. The highest BCUT2D eigenvalue weighted by molar-refractivity contribution is 5.86. The van der Waals surface area contributed by atoms with Crippen molar-refractivity contribution in [2.24, 2.45) is 11.1 Å². The Kier molecular flexibility index (Phi) is 2.55. The highest BCUT2D eigenvalue weighted by Gasteiger charge is 2.70. The highest BCUT2D eigenvalue weighted by atomic mass is 16.6. The summed E-state index contributed by atoms with van der Waals surface area (Å²) in [6.07, 6.45) is 2.77. The van der Waals surface area contributed by atoms with E-state index in [4.69, 9.17) is 10.5 Å². The van der Waals surface area contributed by atoms with Gasteiger partial charge in [-0.1, -0.05) is 0 Å². The first kappa shape index (κ1) is 11.9. The van der Waals surface area contributed by atoms with Gasteiger partial charge in [0.1, 0.15) is 11.1 Å². The maximum atomic E-state index is 12.0. The fourth-order valence-electron chi connectivity index (χ4n) is 2.68. The smallest absolute Gasteiger partial charge is 0.327 e. The zero-order valence-electron chi connectivity index (χ0n) is 10.4. The first-order valence-corrected chi connectivity index (χ1v) is 6.02. The molecular formula is C12H22N2O2. The van der Waals surface area contributed by atoms with Crippen molar-refractivity contribution in [3.05, 3.63) is 0 Å². The minimum absolute atomic E-state index is 0.0145. The van der Waals surface area contributed by atoms with E-state index < -0.39 is 11.1 Å². The minimum atomic E-state index is -0.720. The second kappa shape index (κ2) is 3.44. The normalized spacial score (nSPS) is 32.5. The van der Waals surface area contributed by atoms with Crippen LogP contribution in [-0.4, -0.2) is 30.2 Å². The van der Waals surface area contributed by atoms with Gasteiger partial charge in [-0.05, 0) is 53.1 Å². The van der Waals surface area contributed by atoms with Gasteiger partial charge in [0.2, 0.25) is 0 Å². The molecular weight excluding hydrogens is 204 g/mol. The number of piperidine rings is 1. The van der Waals surface area contributed by atoms with Crippen molar-refractivity contribution in [2.75, 3.05) is 13.1 Å². The van der Waals surface area contributed by atoms with Gasteiger partial charge in [-0.3, -0.25) is 4.79 Å². The number of esters is 1. The number of rotatable bonds is 1. The Morgan fingerprint density at radius 2 is 1.88 bits per heavy atom. The maximum Gasteiger partial charge on any atom is 0.327 e. The van der Waals surface area contributed by atoms with Gasteiger partial charge in [0.25, 0.3) is 0 Å². The summed E-state index contributed by atoms with van der Waals surface area (Å²) in [5.41, 5.74) is 5.05. The van der Waals surface area contributed by atoms with Gasteiger partial charge < -0.3 is 15.8 Å². The Morgan fingerprint density at radius 1 is 1.31 bits per heavy atom. The summed E-state index contributed by atoms with van der Waals surface area (Å²) in [6.45, 7) is 7.56. The van der Waals surface area contributed by atoms with Crippen molar-refractivity contribution in [3.8, 4) is 0 Å². The largest absolute Gasteiger partial charge is 0.459 e. The Labute approximate surface area is 96.9 Å². The molecule has 1 aliphatic carbocycles. The lowest BCUT2D eigenvalue weighted by molar-refractivity contribution is -0.159. The van der Waals surface area contributed by atoms with E-state index in [1.165, 1.54) is 0 Å². The summed E-state index contributed by atoms with van der Waals surface area (Å²) >= 11 is 0. The van der Waals surface area contributed by atoms with Crippen molar-refractivity contribution < 1.29 is 9.53 Å². The number of ether oxygens (including phenoxy) is 1. The lowest BCUT2D eigenvalue weighted by Crippen LogP contribution is -2.46. The predicted octanol–water partition coefficient (Wildman–Crippen LogP) is 0.799. The van der Waals surface area contributed by atoms with Gasteiger partial charge in [-0.25, -0.2) is 0 Å². The molecule has 2 aliphatic rings. The van der Waals surface area contributed by atoms with Crippen LogP contribution < -0.4 is 11.1 Å². The molecule has 16 heavy (non-hydrogen) atoms. The van der Waals surface area contributed by atoms with Crippen LogP contribution in [0.3, 0.4) is 0 Å². The van der Waals surface area contributed by atoms with Gasteiger partial charge in [-0.15, -0.1) is 0 Å². The predicted molar refractivity (Wildman–Crippen MR) is 61.9 cm³/mol. The first-order chi connectivity index (χ1) is 7.29. The van der Waals surface area contributed by atoms with E-state index in [1.54, 1.807) is 0 Å². The third-order valence-electron chi connectivity index (χ3n) is 3.76. The molecule has 0 bridgehead atoms. The summed E-state index contributed by atoms with van der Waals surface area (Å²) in [5, 5.41) is 3.30. The Hall–Kier alpha value is -0.610. The number of hydrogen-bond donors (Lipinski definition) is 2. The maximum absolute atomic E-state index is 12.0. The second-order valence-electron chi connectivity index (χ2n) is 6.18. The van der Waals surface area contributed by atoms with Gasteiger partial charge >= 0.3 is 5.97 Å². The van der Waals surface area contributed by atoms with E-state index in [0.717, 1.165) is 32.4 Å². The standard InChI is InChI=1S/C12H22N2O2/c1-10(2,3)16-9(15)12(13)8-11(12)4-6-14-7-5-11/h14H,4-8,13H2,1-3H3. The third-order valence-corrected chi connectivity index (χ3v) is 3.76. The number of hydrogen-bond acceptors (Lipinski definition) is 4. The molecule has 1 saturated heterocycles. The van der Waals surface area contributed by atoms with Crippen molar-refractivity contribution in [3.63, 3.8) is 0 Å². The molecule has 1 aliphatic heterocycles. The molecule has 1 heterocycles. The summed E-state index contributed by atoms with van der Waals surface area (Å²) in [4.78, 5) is 12.0. The summed E-state index contributed by atoms with van der Waals surface area (Å²) in [7, 11) is 0. The Morgan fingerprint density at radius 3 is 2.38 bits per heavy atom. The SMILES string of the molecule is CC(C)(C)OC(=O)C1(N)CC12CCNCC2. The van der Waals surface area contributed by atoms with Crippen LogP contribution in [0.2, 0.25) is 0 Å². The van der Waals surface area contributed by atoms with Gasteiger partial charge in [-0.2, -0.15) is 0 Å². The average molecular weight is 226 g/mol. The topological polar surface area (TPSA) is 64.3 Å². The van der Waals surface area contributed by atoms with Gasteiger partial charge in [0.05, 0.1) is 0 Å². The van der Waals surface area contributed by atoms with Crippen molar-refractivity contribution in [1.29, 1.82) is 0 Å². The van der Waals surface area contributed by atoms with Crippen LogP contribution in [-0.2, 0) is 9.53 Å². The molecule has 1 atom stereocenters. The van der Waals surface area contributed by atoms with Crippen molar-refractivity contribution in [1.82, 2.24) is 5.32 Å². The van der Waals surface area contributed by atoms with Gasteiger partial charge in [0.15, 0.2) is 0 Å². The lowest BCUT2D eigenvalue weighted by Gasteiger charge is -2.28. The molecule has 1 unspecified atom stereocenters. The zero-order valence-corrected chi connectivity index (χ0v) is 10.4. The van der Waals surface area contributed by atoms with E-state index >= 15 is 0 Å². The third kappa shape index (κ3) is 1.84. The molecule has 2 fully saturated rings. The molecule has 0 aromatic heterocycles. The average Bonchev–Trinajstić information content (AvgIpc) is 2.71. The molecule has 4 nitrogen and oxygen atoms in total. The van der Waals surface area contributed by atoms with Crippen LogP contribution in [0.15, 0.2) is 0 Å². The van der Waals surface area contributed by atoms with E-state index in [-0.39, 0.29) is 11.4 Å². The lowest BCUT2D eigenvalue weighted by atomic mass is 9.89. The minimum Gasteiger partial charge on any atom is -0.459 e. The Bertz CT molecular complexity index is 303. The molecule has 0 aromatic carbocycles. The van der Waals surface area contributed by atoms with Crippen molar-refractivity contribution >= 4 is 5.97 Å². The van der Waals surface area contributed by atoms with E-state index in [9.17, 15) is 4.79 Å². The summed E-state index contributed by atoms with van der Waals surface area (Å²) in [5.74, 6) is -0.220. The highest BCUT2D eigenvalue weighted by Crippen LogP contribution is 2.60. The fraction of sp³-hybridized carbons (Fsp3) is 0.917. The molecule has 1 spiro atoms. The monoisotopic (exact) mass is 226 g/mol. The molecule has 0 radical (unpaired) electrons. The second-order valence-corrected chi connectivity index (χ2v) is 6.18. The zero-order chi connectivity index (χ0) is 12.0. The molecule has 0 amide bonds. The molecule has 0 aromatic rings. The van der Waals surface area contributed by atoms with E-state index in [2.05, 4.69) is 5.32 Å². The summed E-state index contributed by atoms with van der Waals surface area (Å²) < 4.78 is 5.41. The summed E-state index contributed by atoms with van der Waals surface area (Å²) in [6, 6.07) is 0. The number of carbonyl (C=O) groups is 1.